The molecule has 0 bridgehead atoms. The summed E-state index contributed by atoms with van der Waals surface area (Å²) in [7, 11) is 0. The fourth-order valence-corrected chi connectivity index (χ4v) is 3.98. The van der Waals surface area contributed by atoms with E-state index in [1.54, 1.807) is 0 Å². The Morgan fingerprint density at radius 1 is 1.11 bits per heavy atom. The van der Waals surface area contributed by atoms with Crippen molar-refractivity contribution in [1.29, 1.82) is 0 Å². The molecule has 0 aliphatic carbocycles. The Balaban J connectivity index is 1.66. The van der Waals surface area contributed by atoms with Crippen LogP contribution in [0.25, 0.3) is 10.9 Å². The molecule has 28 heavy (non-hydrogen) atoms. The predicted molar refractivity (Wildman–Crippen MR) is 102 cm³/mol. The highest BCUT2D eigenvalue weighted by Crippen LogP contribution is 2.37. The van der Waals surface area contributed by atoms with Gasteiger partial charge in [0.05, 0.1) is 6.04 Å². The van der Waals surface area contributed by atoms with E-state index < -0.39 is 29.5 Å². The van der Waals surface area contributed by atoms with Gasteiger partial charge in [-0.15, -0.1) is 0 Å². The minimum absolute atomic E-state index is 0.290. The summed E-state index contributed by atoms with van der Waals surface area (Å²) in [5.41, 5.74) is 2.61. The van der Waals surface area contributed by atoms with E-state index in [-0.39, 0.29) is 12.3 Å². The fourth-order valence-electron chi connectivity index (χ4n) is 3.98. The van der Waals surface area contributed by atoms with Gasteiger partial charge in [0.1, 0.15) is 17.5 Å². The van der Waals surface area contributed by atoms with E-state index in [1.807, 2.05) is 30.5 Å². The van der Waals surface area contributed by atoms with Crippen molar-refractivity contribution in [1.82, 2.24) is 9.88 Å². The number of rotatable bonds is 5. The van der Waals surface area contributed by atoms with Crippen LogP contribution in [0, 0.1) is 11.7 Å². The normalized spacial score (nSPS) is 19.6. The summed E-state index contributed by atoms with van der Waals surface area (Å²) >= 11 is 0. The zero-order chi connectivity index (χ0) is 19.8. The molecule has 1 N–H and O–H groups in total. The fraction of sp³-hybridized carbons (Fsp3) is 0.227. The number of aromatic nitrogens is 1. The minimum Gasteiger partial charge on any atom is -0.361 e. The number of benzene rings is 2. The highest BCUT2D eigenvalue weighted by Gasteiger charge is 2.49. The average molecular weight is 378 g/mol. The first-order valence-electron chi connectivity index (χ1n) is 9.13. The van der Waals surface area contributed by atoms with E-state index in [1.165, 1.54) is 36.1 Å². The number of H-pyrrole nitrogens is 1. The molecule has 1 aromatic heterocycles. The van der Waals surface area contributed by atoms with Gasteiger partial charge in [-0.3, -0.25) is 14.4 Å². The third kappa shape index (κ3) is 3.01. The van der Waals surface area contributed by atoms with Crippen LogP contribution in [0.3, 0.4) is 0 Å². The Morgan fingerprint density at radius 3 is 2.54 bits per heavy atom. The van der Waals surface area contributed by atoms with Crippen LogP contribution in [-0.2, 0) is 20.8 Å². The third-order valence-electron chi connectivity index (χ3n) is 5.35. The summed E-state index contributed by atoms with van der Waals surface area (Å²) in [6, 6.07) is 12.7. The van der Waals surface area contributed by atoms with Crippen molar-refractivity contribution >= 4 is 28.4 Å². The SMILES string of the molecule is CC(=O)C1C(=O)C(=O)N(CCc2c[nH]c3ccccc23)C1c1ccc(F)cc1. The van der Waals surface area contributed by atoms with E-state index in [9.17, 15) is 18.8 Å². The number of ketones is 2. The molecule has 1 fully saturated rings. The molecular formula is C22H19FN2O3. The number of carbonyl (C=O) groups is 3. The number of para-hydroxylation sites is 1. The number of nitrogens with one attached hydrogen (secondary N) is 1. The monoisotopic (exact) mass is 378 g/mol. The van der Waals surface area contributed by atoms with Gasteiger partial charge in [-0.1, -0.05) is 30.3 Å². The Bertz CT molecular complexity index is 1070. The Labute approximate surface area is 161 Å². The largest absolute Gasteiger partial charge is 0.361 e. The van der Waals surface area contributed by atoms with Crippen molar-refractivity contribution in [3.8, 4) is 0 Å². The maximum Gasteiger partial charge on any atom is 0.291 e. The highest BCUT2D eigenvalue weighted by atomic mass is 19.1. The first-order valence-corrected chi connectivity index (χ1v) is 9.13. The summed E-state index contributed by atoms with van der Waals surface area (Å²) in [6.07, 6.45) is 2.42. The van der Waals surface area contributed by atoms with Crippen LogP contribution in [0.5, 0.6) is 0 Å². The average Bonchev–Trinajstić information content (AvgIpc) is 3.20. The second-order valence-corrected chi connectivity index (χ2v) is 7.06. The van der Waals surface area contributed by atoms with Crippen LogP contribution in [0.2, 0.25) is 0 Å². The zero-order valence-corrected chi connectivity index (χ0v) is 15.3. The van der Waals surface area contributed by atoms with Crippen molar-refractivity contribution in [2.45, 2.75) is 19.4 Å². The molecule has 2 unspecified atom stereocenters. The van der Waals surface area contributed by atoms with Crippen LogP contribution in [0.15, 0.2) is 54.7 Å². The van der Waals surface area contributed by atoms with Crippen molar-refractivity contribution in [2.75, 3.05) is 6.54 Å². The summed E-state index contributed by atoms with van der Waals surface area (Å²) in [6.45, 7) is 1.60. The highest BCUT2D eigenvalue weighted by molar-refractivity contribution is 6.42. The molecule has 142 valence electrons. The Kier molecular flexibility index (Phi) is 4.55. The van der Waals surface area contributed by atoms with E-state index in [4.69, 9.17) is 0 Å². The van der Waals surface area contributed by atoms with Crippen molar-refractivity contribution < 1.29 is 18.8 Å². The number of halogens is 1. The molecule has 6 heteroatoms. The molecule has 3 aromatic rings. The standard InChI is InChI=1S/C22H19FN2O3/c1-13(26)19-20(14-6-8-16(23)9-7-14)25(22(28)21(19)27)11-10-15-12-24-18-5-3-2-4-17(15)18/h2-9,12,19-20,24H,10-11H2,1H3. The number of likely N-dealkylation sites (tertiary alicyclic amines) is 1. The molecular weight excluding hydrogens is 359 g/mol. The third-order valence-corrected chi connectivity index (χ3v) is 5.35. The van der Waals surface area contributed by atoms with Gasteiger partial charge in [0, 0.05) is 23.6 Å². The van der Waals surface area contributed by atoms with Gasteiger partial charge in [-0.2, -0.15) is 0 Å². The van der Waals surface area contributed by atoms with Crippen LogP contribution < -0.4 is 0 Å². The van der Waals surface area contributed by atoms with Crippen molar-refractivity contribution in [3.63, 3.8) is 0 Å². The van der Waals surface area contributed by atoms with E-state index >= 15 is 0 Å². The Morgan fingerprint density at radius 2 is 1.82 bits per heavy atom. The molecule has 2 aromatic carbocycles. The number of nitrogens with zero attached hydrogens (tertiary/aromatic N) is 1. The van der Waals surface area contributed by atoms with E-state index in [0.29, 0.717) is 12.0 Å². The first kappa shape index (κ1) is 18.1. The van der Waals surface area contributed by atoms with Gasteiger partial charge >= 0.3 is 0 Å². The van der Waals surface area contributed by atoms with Gasteiger partial charge in [0.2, 0.25) is 5.78 Å². The van der Waals surface area contributed by atoms with Crippen molar-refractivity contribution in [3.05, 3.63) is 71.7 Å². The molecule has 1 aliphatic heterocycles. The van der Waals surface area contributed by atoms with E-state index in [0.717, 1.165) is 16.5 Å². The van der Waals surface area contributed by atoms with Gasteiger partial charge in [-0.05, 0) is 42.7 Å². The summed E-state index contributed by atoms with van der Waals surface area (Å²) in [5.74, 6) is -3.18. The molecule has 0 radical (unpaired) electrons. The predicted octanol–water partition coefficient (Wildman–Crippen LogP) is 3.21. The number of Topliss-reactive ketones (excluding diaryl/α,β-unsaturated/α-hetero) is 2. The number of carbonyl (C=O) groups excluding carboxylic acids is 3. The van der Waals surface area contributed by atoms with Gasteiger partial charge in [0.15, 0.2) is 0 Å². The molecule has 2 atom stereocenters. The zero-order valence-electron chi connectivity index (χ0n) is 15.3. The maximum absolute atomic E-state index is 13.3. The lowest BCUT2D eigenvalue weighted by molar-refractivity contribution is -0.142. The van der Waals surface area contributed by atoms with E-state index in [2.05, 4.69) is 4.98 Å². The lowest BCUT2D eigenvalue weighted by atomic mass is 9.90. The second-order valence-electron chi connectivity index (χ2n) is 7.06. The minimum atomic E-state index is -1.05. The molecule has 1 saturated heterocycles. The Hall–Kier alpha value is -3.28. The number of aromatic amines is 1. The van der Waals surface area contributed by atoms with Crippen LogP contribution in [0.4, 0.5) is 4.39 Å². The second kappa shape index (κ2) is 7.03. The molecule has 1 amide bonds. The van der Waals surface area contributed by atoms with Gasteiger partial charge in [-0.25, -0.2) is 4.39 Å². The lowest BCUT2D eigenvalue weighted by Crippen LogP contribution is -2.32. The summed E-state index contributed by atoms with van der Waals surface area (Å²) in [4.78, 5) is 41.9. The summed E-state index contributed by atoms with van der Waals surface area (Å²) in [5, 5.41) is 1.06. The first-order chi connectivity index (χ1) is 13.5. The maximum atomic E-state index is 13.3. The molecule has 0 spiro atoms. The van der Waals surface area contributed by atoms with Gasteiger partial charge < -0.3 is 9.88 Å². The smallest absolute Gasteiger partial charge is 0.291 e. The van der Waals surface area contributed by atoms with Crippen LogP contribution in [-0.4, -0.2) is 33.9 Å². The molecule has 2 heterocycles. The molecule has 0 saturated carbocycles. The summed E-state index contributed by atoms with van der Waals surface area (Å²) < 4.78 is 13.3. The number of hydrogen-bond acceptors (Lipinski definition) is 3. The topological polar surface area (TPSA) is 70.2 Å². The van der Waals surface area contributed by atoms with Gasteiger partial charge in [0.25, 0.3) is 5.91 Å². The van der Waals surface area contributed by atoms with Crippen LogP contribution in [0.1, 0.15) is 24.1 Å². The van der Waals surface area contributed by atoms with Crippen molar-refractivity contribution in [2.24, 2.45) is 5.92 Å². The molecule has 1 aliphatic rings. The number of amides is 1. The number of hydrogen-bond donors (Lipinski definition) is 1. The number of fused-ring (bicyclic) bond motifs is 1. The molecule has 5 nitrogen and oxygen atoms in total. The quantitative estimate of drug-likeness (QED) is 0.547. The van der Waals surface area contributed by atoms with Crippen LogP contribution >= 0.6 is 0 Å². The molecule has 4 rings (SSSR count). The lowest BCUT2D eigenvalue weighted by Gasteiger charge is -2.26.